The molecule has 64 heavy (non-hydrogen) atoms. The first-order chi connectivity index (χ1) is 31.0. The van der Waals surface area contributed by atoms with Gasteiger partial charge in [-0.25, -0.2) is 0 Å². The third-order valence-electron chi connectivity index (χ3n) is 13.9. The van der Waals surface area contributed by atoms with E-state index < -0.39 is 0 Å². The normalized spacial score (nSPS) is 14.0. The molecule has 0 saturated carbocycles. The van der Waals surface area contributed by atoms with Crippen molar-refractivity contribution in [3.8, 4) is 22.3 Å². The second-order valence-corrected chi connectivity index (χ2v) is 18.8. The van der Waals surface area contributed by atoms with Crippen LogP contribution in [0.4, 0.5) is 34.1 Å². The Labute approximate surface area is 378 Å². The van der Waals surface area contributed by atoms with Crippen LogP contribution in [0.1, 0.15) is 72.2 Å². The van der Waals surface area contributed by atoms with Crippen molar-refractivity contribution in [2.45, 2.75) is 52.4 Å². The molecule has 2 nitrogen and oxygen atoms in total. The fourth-order valence-corrected chi connectivity index (χ4v) is 10.7. The van der Waals surface area contributed by atoms with Crippen molar-refractivity contribution in [2.24, 2.45) is 0 Å². The molecule has 0 radical (unpaired) electrons. The van der Waals surface area contributed by atoms with Crippen molar-refractivity contribution in [3.63, 3.8) is 0 Å². The first kappa shape index (κ1) is 39.4. The number of hydrogen-bond donors (Lipinski definition) is 0. The molecule has 310 valence electrons. The second-order valence-electron chi connectivity index (χ2n) is 18.8. The number of para-hydroxylation sites is 2. The molecule has 0 unspecified atom stereocenters. The maximum atomic E-state index is 2.45. The number of fused-ring (bicyclic) bond motifs is 7. The van der Waals surface area contributed by atoms with Gasteiger partial charge in [-0.2, -0.15) is 0 Å². The molecule has 2 aliphatic carbocycles. The van der Waals surface area contributed by atoms with Crippen molar-refractivity contribution in [2.75, 3.05) is 9.80 Å². The lowest BCUT2D eigenvalue weighted by Crippen LogP contribution is -2.17. The number of rotatable bonds is 8. The zero-order chi connectivity index (χ0) is 43.7. The maximum Gasteiger partial charge on any atom is 0.0540 e. The monoisotopic (exact) mass is 824 g/mol. The molecule has 0 N–H and O–H groups in total. The summed E-state index contributed by atoms with van der Waals surface area (Å²) in [6, 6.07) is 71.7. The predicted molar refractivity (Wildman–Crippen MR) is 273 cm³/mol. The maximum absolute atomic E-state index is 2.45. The Morgan fingerprint density at radius 2 is 0.781 bits per heavy atom. The van der Waals surface area contributed by atoms with Gasteiger partial charge in [-0.1, -0.05) is 167 Å². The van der Waals surface area contributed by atoms with E-state index in [0.717, 1.165) is 11.4 Å². The third-order valence-corrected chi connectivity index (χ3v) is 13.9. The van der Waals surface area contributed by atoms with Crippen LogP contribution >= 0.6 is 0 Å². The molecule has 0 saturated heterocycles. The standard InChI is InChI=1S/C62H52N2/c1-41-34-42(2)36-50(35-41)64(60-23-15-17-45-16-13-14-22-51(45)60)49-29-33-55-53-31-27-44(38-57(53)62(5,6)59(55)40-49)25-24-43-26-30-52-54-32-28-48(39-58(54)61(3,4)56(52)37-43)63(46-18-9-7-10-19-46)47-20-11-8-12-21-47/h7-40H,1-6H3/b25-24+. The molecule has 9 aromatic carbocycles. The van der Waals surface area contributed by atoms with Gasteiger partial charge in [0.25, 0.3) is 0 Å². The van der Waals surface area contributed by atoms with E-state index >= 15 is 0 Å². The molecular formula is C62H52N2. The van der Waals surface area contributed by atoms with Crippen LogP contribution in [0.3, 0.4) is 0 Å². The molecule has 0 bridgehead atoms. The molecule has 0 aliphatic heterocycles. The average molecular weight is 825 g/mol. The first-order valence-electron chi connectivity index (χ1n) is 22.6. The van der Waals surface area contributed by atoms with Crippen molar-refractivity contribution in [1.29, 1.82) is 0 Å². The lowest BCUT2D eigenvalue weighted by atomic mass is 9.81. The smallest absolute Gasteiger partial charge is 0.0540 e. The summed E-state index contributed by atoms with van der Waals surface area (Å²) in [6.45, 7) is 13.9. The number of hydrogen-bond acceptors (Lipinski definition) is 2. The van der Waals surface area contributed by atoms with Crippen LogP contribution in [0.2, 0.25) is 0 Å². The summed E-state index contributed by atoms with van der Waals surface area (Å²) in [5.74, 6) is 0. The Morgan fingerprint density at radius 1 is 0.344 bits per heavy atom. The van der Waals surface area contributed by atoms with Crippen molar-refractivity contribution in [3.05, 3.63) is 239 Å². The minimum absolute atomic E-state index is 0.160. The molecule has 0 spiro atoms. The number of nitrogens with zero attached hydrogens (tertiary/aromatic N) is 2. The van der Waals surface area contributed by atoms with Crippen molar-refractivity contribution >= 4 is 57.0 Å². The first-order valence-corrected chi connectivity index (χ1v) is 22.6. The van der Waals surface area contributed by atoms with Gasteiger partial charge in [0, 0.05) is 44.7 Å². The summed E-state index contributed by atoms with van der Waals surface area (Å²) in [5.41, 5.74) is 22.3. The molecule has 0 heterocycles. The number of anilines is 6. The molecule has 2 heteroatoms. The Bertz CT molecular complexity index is 3230. The number of benzene rings is 9. The topological polar surface area (TPSA) is 6.48 Å². The average Bonchev–Trinajstić information content (AvgIpc) is 3.67. The van der Waals surface area contributed by atoms with Crippen LogP contribution < -0.4 is 9.80 Å². The van der Waals surface area contributed by atoms with Gasteiger partial charge in [0.05, 0.1) is 5.69 Å². The van der Waals surface area contributed by atoms with E-state index in [-0.39, 0.29) is 10.8 Å². The highest BCUT2D eigenvalue weighted by molar-refractivity contribution is 5.99. The zero-order valence-electron chi connectivity index (χ0n) is 37.5. The predicted octanol–water partition coefficient (Wildman–Crippen LogP) is 17.2. The number of aryl methyl sites for hydroxylation is 2. The fourth-order valence-electron chi connectivity index (χ4n) is 10.7. The van der Waals surface area contributed by atoms with Gasteiger partial charge in [-0.3, -0.25) is 0 Å². The quantitative estimate of drug-likeness (QED) is 0.141. The van der Waals surface area contributed by atoms with Gasteiger partial charge in [-0.05, 0) is 153 Å². The summed E-state index contributed by atoms with van der Waals surface area (Å²) in [4.78, 5) is 4.81. The highest BCUT2D eigenvalue weighted by atomic mass is 15.1. The van der Waals surface area contributed by atoms with E-state index in [1.54, 1.807) is 0 Å². The van der Waals surface area contributed by atoms with Gasteiger partial charge < -0.3 is 9.80 Å². The Balaban J connectivity index is 0.904. The molecule has 2 aliphatic rings. The summed E-state index contributed by atoms with van der Waals surface area (Å²) in [7, 11) is 0. The zero-order valence-corrected chi connectivity index (χ0v) is 37.5. The van der Waals surface area contributed by atoms with E-state index in [4.69, 9.17) is 0 Å². The Kier molecular flexibility index (Phi) is 9.33. The van der Waals surface area contributed by atoms with Crippen molar-refractivity contribution < 1.29 is 0 Å². The van der Waals surface area contributed by atoms with Gasteiger partial charge in [0.1, 0.15) is 0 Å². The van der Waals surface area contributed by atoms with E-state index in [1.807, 2.05) is 0 Å². The van der Waals surface area contributed by atoms with Gasteiger partial charge in [-0.15, -0.1) is 0 Å². The van der Waals surface area contributed by atoms with Crippen LogP contribution in [0.15, 0.2) is 194 Å². The van der Waals surface area contributed by atoms with Gasteiger partial charge >= 0.3 is 0 Å². The van der Waals surface area contributed by atoms with E-state index in [2.05, 4.69) is 258 Å². The summed E-state index contributed by atoms with van der Waals surface area (Å²) in [6.07, 6.45) is 4.58. The van der Waals surface area contributed by atoms with Gasteiger partial charge in [0.15, 0.2) is 0 Å². The Morgan fingerprint density at radius 3 is 1.31 bits per heavy atom. The minimum atomic E-state index is -0.184. The SMILES string of the molecule is Cc1cc(C)cc(N(c2ccc3c(c2)C(C)(C)c2cc(/C=C/c4ccc5c(c4)C(C)(C)c4cc(N(c6ccccc6)c6ccccc6)ccc4-5)ccc2-3)c2cccc3ccccc23)c1. The largest absolute Gasteiger partial charge is 0.310 e. The molecule has 0 aromatic heterocycles. The van der Waals surface area contributed by atoms with E-state index in [9.17, 15) is 0 Å². The van der Waals surface area contributed by atoms with Crippen LogP contribution in [-0.2, 0) is 10.8 Å². The van der Waals surface area contributed by atoms with E-state index in [1.165, 1.54) is 100 Å². The molecule has 0 fully saturated rings. The lowest BCUT2D eigenvalue weighted by molar-refractivity contribution is 0.660. The highest BCUT2D eigenvalue weighted by Gasteiger charge is 2.38. The molecule has 0 atom stereocenters. The van der Waals surface area contributed by atoms with Crippen LogP contribution in [0.25, 0.3) is 45.2 Å². The minimum Gasteiger partial charge on any atom is -0.310 e. The van der Waals surface area contributed by atoms with Crippen LogP contribution in [0.5, 0.6) is 0 Å². The lowest BCUT2D eigenvalue weighted by Gasteiger charge is -2.29. The second kappa shape index (κ2) is 15.1. The van der Waals surface area contributed by atoms with Crippen LogP contribution in [0, 0.1) is 13.8 Å². The van der Waals surface area contributed by atoms with Crippen molar-refractivity contribution in [1.82, 2.24) is 0 Å². The highest BCUT2D eigenvalue weighted by Crippen LogP contribution is 2.53. The third kappa shape index (κ3) is 6.56. The molecule has 0 amide bonds. The van der Waals surface area contributed by atoms with Crippen LogP contribution in [-0.4, -0.2) is 0 Å². The van der Waals surface area contributed by atoms with E-state index in [0.29, 0.717) is 0 Å². The molecule has 9 aromatic rings. The van der Waals surface area contributed by atoms with Gasteiger partial charge in [0.2, 0.25) is 0 Å². The Hall–Kier alpha value is -7.42. The molecular weight excluding hydrogens is 773 g/mol. The summed E-state index contributed by atoms with van der Waals surface area (Å²) < 4.78 is 0. The molecule has 11 rings (SSSR count). The fraction of sp³-hybridized carbons (Fsp3) is 0.129. The summed E-state index contributed by atoms with van der Waals surface area (Å²) >= 11 is 0. The summed E-state index contributed by atoms with van der Waals surface area (Å²) in [5, 5.41) is 2.48.